The van der Waals surface area contributed by atoms with Gasteiger partial charge in [-0.1, -0.05) is 6.92 Å². The molecule has 7 heteroatoms. The van der Waals surface area contributed by atoms with Crippen LogP contribution in [0.15, 0.2) is 48.8 Å². The second-order valence-electron chi connectivity index (χ2n) is 6.97. The van der Waals surface area contributed by atoms with Crippen LogP contribution in [0.5, 0.6) is 0 Å². The van der Waals surface area contributed by atoms with Gasteiger partial charge in [0.1, 0.15) is 17.2 Å². The van der Waals surface area contributed by atoms with Gasteiger partial charge in [0.25, 0.3) is 0 Å². The van der Waals surface area contributed by atoms with E-state index in [1.807, 2.05) is 12.3 Å². The lowest BCUT2D eigenvalue weighted by molar-refractivity contribution is -0.191. The van der Waals surface area contributed by atoms with Gasteiger partial charge in [-0.05, 0) is 55.7 Å². The second kappa shape index (κ2) is 7.81. The number of nitrogens with one attached hydrogen (secondary N) is 1. The Hall–Kier alpha value is -3.57. The number of hydrogen-bond acceptors (Lipinski definition) is 4. The summed E-state index contributed by atoms with van der Waals surface area (Å²) in [4.78, 5) is 20.7. The summed E-state index contributed by atoms with van der Waals surface area (Å²) < 4.78 is 15.5. The number of carbonyl (C=O) groups excluding carboxylic acids is 2. The van der Waals surface area contributed by atoms with Crippen molar-refractivity contribution in [3.8, 4) is 22.4 Å². The predicted octanol–water partition coefficient (Wildman–Crippen LogP) is 4.39. The minimum absolute atomic E-state index is 0.235. The molecule has 3 heterocycles. The number of pyridine rings is 1. The summed E-state index contributed by atoms with van der Waals surface area (Å²) in [5.74, 6) is 0.302. The van der Waals surface area contributed by atoms with E-state index in [1.165, 1.54) is 36.4 Å². The van der Waals surface area contributed by atoms with Crippen LogP contribution in [-0.2, 0) is 16.0 Å². The third-order valence-electron chi connectivity index (χ3n) is 5.13. The normalized spacial score (nSPS) is 13.0. The van der Waals surface area contributed by atoms with Crippen molar-refractivity contribution in [3.05, 3.63) is 66.0 Å². The van der Waals surface area contributed by atoms with Gasteiger partial charge in [0, 0.05) is 46.4 Å². The van der Waals surface area contributed by atoms with Gasteiger partial charge in [-0.3, -0.25) is 5.10 Å². The number of benzene rings is 1. The molecule has 29 heavy (non-hydrogen) atoms. The van der Waals surface area contributed by atoms with E-state index in [1.54, 1.807) is 12.1 Å². The maximum Gasteiger partial charge on any atom is 0.373 e. The predicted molar refractivity (Wildman–Crippen MR) is 105 cm³/mol. The van der Waals surface area contributed by atoms with Gasteiger partial charge < -0.3 is 4.40 Å². The van der Waals surface area contributed by atoms with E-state index >= 15 is 0 Å². The largest absolute Gasteiger partial charge is 0.373 e. The SMILES string of the molecule is CCc1cnc2ccc(-c3c(-c4ccc(F)cc4)n[nH]c3C3CC3)cn12.O=C=O. The molecule has 6 nitrogen and oxygen atoms in total. The number of hydrogen-bond donors (Lipinski definition) is 1. The van der Waals surface area contributed by atoms with Crippen LogP contribution in [0, 0.1) is 5.82 Å². The number of aromatic amines is 1. The molecule has 1 aliphatic rings. The molecule has 1 N–H and O–H groups in total. The molecule has 3 aromatic heterocycles. The molecule has 0 bridgehead atoms. The average molecular weight is 390 g/mol. The minimum atomic E-state index is -0.235. The van der Waals surface area contributed by atoms with E-state index < -0.39 is 0 Å². The molecule has 0 unspecified atom stereocenters. The van der Waals surface area contributed by atoms with Crippen molar-refractivity contribution in [2.75, 3.05) is 0 Å². The fourth-order valence-electron chi connectivity index (χ4n) is 3.57. The van der Waals surface area contributed by atoms with Crippen LogP contribution in [0.25, 0.3) is 28.0 Å². The molecule has 1 saturated carbocycles. The van der Waals surface area contributed by atoms with Gasteiger partial charge in [0.2, 0.25) is 0 Å². The van der Waals surface area contributed by atoms with E-state index in [4.69, 9.17) is 9.59 Å². The standard InChI is InChI=1S/C21H19FN4.CO2/c1-2-17-11-23-18-10-7-15(12-26(17)18)19-20(13-3-4-13)24-25-21(19)14-5-8-16(22)9-6-14;2-1-3/h5-13H,2-4H2,1H3,(H,24,25);. The van der Waals surface area contributed by atoms with Crippen LogP contribution in [-0.4, -0.2) is 25.7 Å². The number of H-pyrrole nitrogens is 1. The highest BCUT2D eigenvalue weighted by Gasteiger charge is 2.30. The van der Waals surface area contributed by atoms with Gasteiger partial charge >= 0.3 is 6.15 Å². The highest BCUT2D eigenvalue weighted by molar-refractivity contribution is 5.83. The van der Waals surface area contributed by atoms with E-state index in [2.05, 4.69) is 38.8 Å². The van der Waals surface area contributed by atoms with Gasteiger partial charge in [-0.25, -0.2) is 9.37 Å². The summed E-state index contributed by atoms with van der Waals surface area (Å²) in [6, 6.07) is 10.7. The summed E-state index contributed by atoms with van der Waals surface area (Å²) in [5, 5.41) is 7.84. The van der Waals surface area contributed by atoms with Crippen molar-refractivity contribution in [2.24, 2.45) is 0 Å². The summed E-state index contributed by atoms with van der Waals surface area (Å²) in [6.45, 7) is 2.13. The molecule has 0 saturated heterocycles. The van der Waals surface area contributed by atoms with Crippen molar-refractivity contribution in [1.82, 2.24) is 19.6 Å². The molecule has 1 fully saturated rings. The van der Waals surface area contributed by atoms with E-state index in [0.29, 0.717) is 5.92 Å². The molecule has 0 aliphatic heterocycles. The van der Waals surface area contributed by atoms with E-state index in [0.717, 1.165) is 34.5 Å². The lowest BCUT2D eigenvalue weighted by atomic mass is 9.98. The molecule has 5 rings (SSSR count). The number of rotatable bonds is 4. The monoisotopic (exact) mass is 390 g/mol. The quantitative estimate of drug-likeness (QED) is 0.561. The molecular formula is C22H19FN4O2. The summed E-state index contributed by atoms with van der Waals surface area (Å²) >= 11 is 0. The van der Waals surface area contributed by atoms with Crippen molar-refractivity contribution in [1.29, 1.82) is 0 Å². The second-order valence-corrected chi connectivity index (χ2v) is 6.97. The first-order valence-electron chi connectivity index (χ1n) is 9.46. The van der Waals surface area contributed by atoms with Crippen LogP contribution < -0.4 is 0 Å². The molecule has 0 radical (unpaired) electrons. The first-order valence-corrected chi connectivity index (χ1v) is 9.46. The zero-order chi connectivity index (χ0) is 20.4. The number of fused-ring (bicyclic) bond motifs is 1. The van der Waals surface area contributed by atoms with Crippen LogP contribution in [0.3, 0.4) is 0 Å². The molecule has 1 aliphatic carbocycles. The molecule has 0 amide bonds. The van der Waals surface area contributed by atoms with Crippen LogP contribution in [0.1, 0.15) is 37.1 Å². The summed E-state index contributed by atoms with van der Waals surface area (Å²) in [5.41, 5.74) is 7.35. The summed E-state index contributed by atoms with van der Waals surface area (Å²) in [7, 11) is 0. The zero-order valence-corrected chi connectivity index (χ0v) is 15.9. The first kappa shape index (κ1) is 18.8. The molecule has 146 valence electrons. The lowest BCUT2D eigenvalue weighted by Gasteiger charge is -2.08. The van der Waals surface area contributed by atoms with Crippen LogP contribution >= 0.6 is 0 Å². The Morgan fingerprint density at radius 2 is 1.83 bits per heavy atom. The fraction of sp³-hybridized carbons (Fsp3) is 0.227. The highest BCUT2D eigenvalue weighted by Crippen LogP contribution is 2.46. The topological polar surface area (TPSA) is 80.1 Å². The minimum Gasteiger partial charge on any atom is -0.303 e. The zero-order valence-electron chi connectivity index (χ0n) is 15.9. The Morgan fingerprint density at radius 3 is 2.48 bits per heavy atom. The third-order valence-corrected chi connectivity index (χ3v) is 5.13. The summed E-state index contributed by atoms with van der Waals surface area (Å²) in [6.07, 6.45) is 7.62. The van der Waals surface area contributed by atoms with E-state index in [9.17, 15) is 4.39 Å². The third kappa shape index (κ3) is 3.60. The Morgan fingerprint density at radius 1 is 1.14 bits per heavy atom. The van der Waals surface area contributed by atoms with Crippen molar-refractivity contribution < 1.29 is 14.0 Å². The Kier molecular flexibility index (Phi) is 5.06. The number of imidazole rings is 1. The Labute approximate surface area is 166 Å². The highest BCUT2D eigenvalue weighted by atomic mass is 19.1. The average Bonchev–Trinajstić information content (AvgIpc) is 3.35. The van der Waals surface area contributed by atoms with Gasteiger partial charge in [-0.2, -0.15) is 14.7 Å². The smallest absolute Gasteiger partial charge is 0.303 e. The van der Waals surface area contributed by atoms with Gasteiger partial charge in [0.05, 0.1) is 0 Å². The molecule has 1 aromatic carbocycles. The number of nitrogens with zero attached hydrogens (tertiary/aromatic N) is 3. The number of aromatic nitrogens is 4. The van der Waals surface area contributed by atoms with Crippen LogP contribution in [0.2, 0.25) is 0 Å². The fourth-order valence-corrected chi connectivity index (χ4v) is 3.57. The van der Waals surface area contributed by atoms with Gasteiger partial charge in [0.15, 0.2) is 0 Å². The molecule has 4 aromatic rings. The lowest BCUT2D eigenvalue weighted by Crippen LogP contribution is -1.94. The molecular weight excluding hydrogens is 371 g/mol. The molecule has 0 spiro atoms. The number of aryl methyl sites for hydroxylation is 1. The molecule has 0 atom stereocenters. The van der Waals surface area contributed by atoms with Gasteiger partial charge in [-0.15, -0.1) is 0 Å². The maximum absolute atomic E-state index is 13.4. The van der Waals surface area contributed by atoms with Crippen molar-refractivity contribution in [3.63, 3.8) is 0 Å². The van der Waals surface area contributed by atoms with Crippen molar-refractivity contribution in [2.45, 2.75) is 32.1 Å². The van der Waals surface area contributed by atoms with E-state index in [-0.39, 0.29) is 12.0 Å². The Bertz CT molecular complexity index is 1180. The van der Waals surface area contributed by atoms with Crippen molar-refractivity contribution >= 4 is 11.8 Å². The van der Waals surface area contributed by atoms with Crippen LogP contribution in [0.4, 0.5) is 4.39 Å². The number of halogens is 1. The maximum atomic E-state index is 13.4. The first-order chi connectivity index (χ1) is 14.2. The Balaban J connectivity index is 0.000000645.